The van der Waals surface area contributed by atoms with Crippen molar-refractivity contribution in [2.45, 2.75) is 37.2 Å². The van der Waals surface area contributed by atoms with E-state index in [1.165, 1.54) is 6.07 Å². The molecule has 0 amide bonds. The summed E-state index contributed by atoms with van der Waals surface area (Å²) in [5.41, 5.74) is -4.76. The summed E-state index contributed by atoms with van der Waals surface area (Å²) in [6, 6.07) is 3.12. The molecule has 0 spiro atoms. The Kier molecular flexibility index (Phi) is 8.32. The highest BCUT2D eigenvalue weighted by Crippen LogP contribution is 2.45. The van der Waals surface area contributed by atoms with Crippen LogP contribution in [0.4, 0.5) is 26.3 Å². The highest BCUT2D eigenvalue weighted by Gasteiger charge is 2.69. The molecule has 0 fully saturated rings. The van der Waals surface area contributed by atoms with Crippen LogP contribution < -0.4 is 4.74 Å². The van der Waals surface area contributed by atoms with Gasteiger partial charge in [-0.05, 0) is 70.2 Å². The van der Waals surface area contributed by atoms with Crippen molar-refractivity contribution in [3.8, 4) is 11.5 Å². The number of phenols is 1. The lowest BCUT2D eigenvalue weighted by atomic mass is 9.98. The number of allylic oxidation sites excluding steroid dienone is 1. The van der Waals surface area contributed by atoms with Crippen LogP contribution in [0.1, 0.15) is 19.3 Å². The first-order chi connectivity index (χ1) is 11.8. The van der Waals surface area contributed by atoms with Gasteiger partial charge in [-0.15, -0.1) is 0 Å². The van der Waals surface area contributed by atoms with E-state index in [1.54, 1.807) is 6.07 Å². The first kappa shape index (κ1) is 23.6. The Morgan fingerprint density at radius 2 is 1.54 bits per heavy atom. The normalized spacial score (nSPS) is 13.4. The minimum atomic E-state index is -5.81. The fourth-order valence-electron chi connectivity index (χ4n) is 1.78. The first-order valence-corrected chi connectivity index (χ1v) is 9.27. The summed E-state index contributed by atoms with van der Waals surface area (Å²) in [6.45, 7) is 0.185. The highest BCUT2D eigenvalue weighted by molar-refractivity contribution is 14.1. The van der Waals surface area contributed by atoms with E-state index in [0.717, 1.165) is 6.08 Å². The summed E-state index contributed by atoms with van der Waals surface area (Å²) in [7, 11) is 0. The molecule has 26 heavy (non-hydrogen) atoms. The second kappa shape index (κ2) is 9.17. The fourth-order valence-corrected chi connectivity index (χ4v) is 2.82. The second-order valence-electron chi connectivity index (χ2n) is 5.26. The first-order valence-electron chi connectivity index (χ1n) is 7.11. The summed E-state index contributed by atoms with van der Waals surface area (Å²) in [6.07, 6.45) is -10.9. The van der Waals surface area contributed by atoms with Crippen molar-refractivity contribution in [1.82, 2.24) is 0 Å². The molecule has 2 N–H and O–H groups in total. The monoisotopic (exact) mass is 610 g/mol. The zero-order chi connectivity index (χ0) is 20.2. The lowest BCUT2D eigenvalue weighted by Gasteiger charge is -2.31. The largest absolute Gasteiger partial charge is 0.507 e. The molecule has 0 aliphatic rings. The van der Waals surface area contributed by atoms with Crippen LogP contribution in [0.2, 0.25) is 0 Å². The SMILES string of the molecule is Oc1cc(I)c(OCCCC=CCC(O)(C(F)(F)F)C(F)(F)F)cc1I. The molecule has 0 saturated heterocycles. The zero-order valence-electron chi connectivity index (χ0n) is 13.0. The number of hydrogen-bond donors (Lipinski definition) is 2. The Balaban J connectivity index is 2.50. The van der Waals surface area contributed by atoms with Crippen LogP contribution in [0.5, 0.6) is 11.5 Å². The molecular formula is C15H14F6I2O3. The number of unbranched alkanes of at least 4 members (excludes halogenated alkanes) is 1. The van der Waals surface area contributed by atoms with E-state index in [0.29, 0.717) is 25.4 Å². The Labute approximate surface area is 172 Å². The molecule has 11 heteroatoms. The van der Waals surface area contributed by atoms with E-state index in [-0.39, 0.29) is 18.8 Å². The predicted octanol–water partition coefficient (Wildman–Crippen LogP) is 5.56. The molecule has 148 valence electrons. The summed E-state index contributed by atoms with van der Waals surface area (Å²) < 4.78 is 81.5. The minimum Gasteiger partial charge on any atom is -0.507 e. The van der Waals surface area contributed by atoms with Crippen molar-refractivity contribution in [2.75, 3.05) is 6.61 Å². The van der Waals surface area contributed by atoms with Crippen LogP contribution in [0.15, 0.2) is 24.3 Å². The van der Waals surface area contributed by atoms with E-state index in [9.17, 15) is 31.4 Å². The topological polar surface area (TPSA) is 49.7 Å². The standard InChI is InChI=1S/C15H14F6I2O3/c16-14(17,18)13(25,15(19,20)21)5-3-1-2-4-6-26-12-8-9(22)11(24)7-10(12)23/h1,3,7-8,24-25H,2,4-6H2. The van der Waals surface area contributed by atoms with Gasteiger partial charge in [-0.2, -0.15) is 26.3 Å². The van der Waals surface area contributed by atoms with Crippen LogP contribution in [-0.2, 0) is 0 Å². The summed E-state index contributed by atoms with van der Waals surface area (Å²) in [5, 5.41) is 18.5. The fraction of sp³-hybridized carbons (Fsp3) is 0.467. The molecule has 0 aliphatic heterocycles. The molecule has 1 aromatic rings. The molecule has 1 rings (SSSR count). The minimum absolute atomic E-state index is 0.104. The Morgan fingerprint density at radius 3 is 2.08 bits per heavy atom. The summed E-state index contributed by atoms with van der Waals surface area (Å²) in [5.74, 6) is 0.618. The molecule has 0 atom stereocenters. The van der Waals surface area contributed by atoms with Crippen molar-refractivity contribution >= 4 is 45.2 Å². The number of ether oxygens (including phenoxy) is 1. The van der Waals surface area contributed by atoms with Gasteiger partial charge < -0.3 is 14.9 Å². The van der Waals surface area contributed by atoms with Gasteiger partial charge in [0.15, 0.2) is 0 Å². The van der Waals surface area contributed by atoms with Gasteiger partial charge in [0, 0.05) is 6.42 Å². The van der Waals surface area contributed by atoms with Crippen LogP contribution in [0.25, 0.3) is 0 Å². The molecule has 0 aliphatic carbocycles. The molecule has 0 heterocycles. The number of phenolic OH excluding ortho intramolecular Hbond substituents is 1. The number of benzene rings is 1. The lowest BCUT2D eigenvalue weighted by molar-refractivity contribution is -0.366. The van der Waals surface area contributed by atoms with E-state index < -0.39 is 24.4 Å². The maximum absolute atomic E-state index is 12.5. The quantitative estimate of drug-likeness (QED) is 0.184. The number of alkyl halides is 6. The summed E-state index contributed by atoms with van der Waals surface area (Å²) in [4.78, 5) is 0. The lowest BCUT2D eigenvalue weighted by Crippen LogP contribution is -2.56. The predicted molar refractivity (Wildman–Crippen MR) is 99.1 cm³/mol. The van der Waals surface area contributed by atoms with Crippen molar-refractivity contribution in [2.24, 2.45) is 0 Å². The Hall–Kier alpha value is -0.440. The summed E-state index contributed by atoms with van der Waals surface area (Å²) >= 11 is 3.87. The van der Waals surface area contributed by atoms with Crippen LogP contribution in [0.3, 0.4) is 0 Å². The maximum atomic E-state index is 12.5. The van der Waals surface area contributed by atoms with Crippen molar-refractivity contribution in [1.29, 1.82) is 0 Å². The third-order valence-electron chi connectivity index (χ3n) is 3.29. The molecule has 0 aromatic heterocycles. The maximum Gasteiger partial charge on any atom is 0.426 e. The molecule has 1 aromatic carbocycles. The third-order valence-corrected chi connectivity index (χ3v) is 5.00. The molecular weight excluding hydrogens is 596 g/mol. The zero-order valence-corrected chi connectivity index (χ0v) is 17.3. The second-order valence-corrected chi connectivity index (χ2v) is 7.58. The van der Waals surface area contributed by atoms with E-state index in [2.05, 4.69) is 0 Å². The van der Waals surface area contributed by atoms with Gasteiger partial charge >= 0.3 is 12.4 Å². The molecule has 0 unspecified atom stereocenters. The number of aromatic hydroxyl groups is 1. The van der Waals surface area contributed by atoms with Gasteiger partial charge in [0.25, 0.3) is 5.60 Å². The van der Waals surface area contributed by atoms with Crippen molar-refractivity contribution in [3.05, 3.63) is 31.4 Å². The molecule has 3 nitrogen and oxygen atoms in total. The average molecular weight is 610 g/mol. The van der Waals surface area contributed by atoms with Gasteiger partial charge in [-0.3, -0.25) is 0 Å². The number of aliphatic hydroxyl groups is 1. The Morgan fingerprint density at radius 1 is 0.962 bits per heavy atom. The smallest absolute Gasteiger partial charge is 0.426 e. The van der Waals surface area contributed by atoms with Crippen LogP contribution in [-0.4, -0.2) is 34.8 Å². The highest BCUT2D eigenvalue weighted by atomic mass is 127. The van der Waals surface area contributed by atoms with Crippen LogP contribution in [0, 0.1) is 7.14 Å². The van der Waals surface area contributed by atoms with Gasteiger partial charge in [0.2, 0.25) is 0 Å². The molecule has 0 radical (unpaired) electrons. The Bertz CT molecular complexity index is 629. The van der Waals surface area contributed by atoms with Crippen molar-refractivity contribution < 1.29 is 41.3 Å². The van der Waals surface area contributed by atoms with Gasteiger partial charge in [-0.25, -0.2) is 0 Å². The van der Waals surface area contributed by atoms with Crippen molar-refractivity contribution in [3.63, 3.8) is 0 Å². The number of rotatable bonds is 7. The van der Waals surface area contributed by atoms with E-state index in [4.69, 9.17) is 9.84 Å². The van der Waals surface area contributed by atoms with Gasteiger partial charge in [0.1, 0.15) is 11.5 Å². The molecule has 0 saturated carbocycles. The number of halogens is 8. The third kappa shape index (κ3) is 6.04. The molecule has 0 bridgehead atoms. The van der Waals surface area contributed by atoms with E-state index >= 15 is 0 Å². The average Bonchev–Trinajstić information content (AvgIpc) is 2.48. The van der Waals surface area contributed by atoms with Gasteiger partial charge in [-0.1, -0.05) is 12.2 Å². The van der Waals surface area contributed by atoms with Crippen LogP contribution >= 0.6 is 45.2 Å². The van der Waals surface area contributed by atoms with E-state index in [1.807, 2.05) is 45.2 Å². The number of hydrogen-bond acceptors (Lipinski definition) is 3. The van der Waals surface area contributed by atoms with Gasteiger partial charge in [0.05, 0.1) is 13.7 Å².